The van der Waals surface area contributed by atoms with Crippen molar-refractivity contribution in [3.8, 4) is 0 Å². The van der Waals surface area contributed by atoms with Crippen molar-refractivity contribution in [3.63, 3.8) is 0 Å². The highest BCUT2D eigenvalue weighted by Gasteiger charge is 2.22. The summed E-state index contributed by atoms with van der Waals surface area (Å²) in [4.78, 5) is 12.1. The lowest BCUT2D eigenvalue weighted by atomic mass is 10.3. The van der Waals surface area contributed by atoms with Gasteiger partial charge in [0, 0.05) is 10.0 Å². The standard InChI is InChI=1S/C15H13Cl2FN2O3S/c1-24(22,23)20(12-7-10(16)6-11(17)8-12)9-15(21)19-14-5-3-2-4-13(14)18/h2-8H,9H2,1H3,(H,19,21). The average molecular weight is 391 g/mol. The number of benzene rings is 2. The fraction of sp³-hybridized carbons (Fsp3) is 0.133. The van der Waals surface area contributed by atoms with Crippen LogP contribution in [0.5, 0.6) is 0 Å². The zero-order valence-electron chi connectivity index (χ0n) is 12.5. The highest BCUT2D eigenvalue weighted by atomic mass is 35.5. The molecule has 0 bridgehead atoms. The number of hydrogen-bond donors (Lipinski definition) is 1. The number of nitrogens with zero attached hydrogens (tertiary/aromatic N) is 1. The van der Waals surface area contributed by atoms with E-state index in [1.165, 1.54) is 36.4 Å². The molecule has 1 amide bonds. The Morgan fingerprint density at radius 3 is 2.29 bits per heavy atom. The van der Waals surface area contributed by atoms with Crippen molar-refractivity contribution in [1.29, 1.82) is 0 Å². The molecule has 0 unspecified atom stereocenters. The van der Waals surface area contributed by atoms with Crippen LogP contribution in [0.3, 0.4) is 0 Å². The Labute approximate surface area is 149 Å². The van der Waals surface area contributed by atoms with E-state index < -0.39 is 28.3 Å². The van der Waals surface area contributed by atoms with Gasteiger partial charge < -0.3 is 5.32 Å². The van der Waals surface area contributed by atoms with Crippen LogP contribution in [0.2, 0.25) is 10.0 Å². The molecule has 9 heteroatoms. The number of sulfonamides is 1. The van der Waals surface area contributed by atoms with E-state index in [1.807, 2.05) is 0 Å². The molecular weight excluding hydrogens is 378 g/mol. The second kappa shape index (κ2) is 7.38. The molecule has 2 rings (SSSR count). The number of halogens is 3. The summed E-state index contributed by atoms with van der Waals surface area (Å²) < 4.78 is 38.4. The first-order chi connectivity index (χ1) is 11.2. The second-order valence-corrected chi connectivity index (χ2v) is 7.70. The van der Waals surface area contributed by atoms with Gasteiger partial charge in [-0.25, -0.2) is 12.8 Å². The zero-order chi connectivity index (χ0) is 17.9. The summed E-state index contributed by atoms with van der Waals surface area (Å²) in [5.41, 5.74) is 0.0961. The van der Waals surface area contributed by atoms with Gasteiger partial charge in [-0.1, -0.05) is 35.3 Å². The van der Waals surface area contributed by atoms with Crippen LogP contribution in [0.25, 0.3) is 0 Å². The molecule has 0 radical (unpaired) electrons. The monoisotopic (exact) mass is 390 g/mol. The van der Waals surface area contributed by atoms with Crippen molar-refractivity contribution in [3.05, 3.63) is 58.3 Å². The van der Waals surface area contributed by atoms with Crippen molar-refractivity contribution >= 4 is 50.5 Å². The first kappa shape index (κ1) is 18.5. The normalized spacial score (nSPS) is 11.2. The summed E-state index contributed by atoms with van der Waals surface area (Å²) in [5.74, 6) is -1.33. The molecule has 2 aromatic rings. The summed E-state index contributed by atoms with van der Waals surface area (Å²) in [6.45, 7) is -0.552. The van der Waals surface area contributed by atoms with Gasteiger partial charge in [0.2, 0.25) is 15.9 Å². The average Bonchev–Trinajstić information content (AvgIpc) is 2.45. The minimum Gasteiger partial charge on any atom is -0.322 e. The number of amides is 1. The summed E-state index contributed by atoms with van der Waals surface area (Å²) in [5, 5.41) is 2.77. The maximum Gasteiger partial charge on any atom is 0.245 e. The lowest BCUT2D eigenvalue weighted by Crippen LogP contribution is -2.37. The van der Waals surface area contributed by atoms with Crippen LogP contribution in [0.1, 0.15) is 0 Å². The van der Waals surface area contributed by atoms with E-state index in [0.29, 0.717) is 0 Å². The number of hydrogen-bond acceptors (Lipinski definition) is 3. The lowest BCUT2D eigenvalue weighted by Gasteiger charge is -2.22. The van der Waals surface area contributed by atoms with E-state index in [1.54, 1.807) is 6.07 Å². The van der Waals surface area contributed by atoms with Crippen molar-refractivity contribution < 1.29 is 17.6 Å². The Balaban J connectivity index is 2.27. The number of para-hydroxylation sites is 1. The Hall–Kier alpha value is -1.83. The third kappa shape index (κ3) is 4.83. The Morgan fingerprint density at radius 1 is 1.17 bits per heavy atom. The van der Waals surface area contributed by atoms with Crippen LogP contribution in [0.4, 0.5) is 15.8 Å². The van der Waals surface area contributed by atoms with Crippen LogP contribution >= 0.6 is 23.2 Å². The van der Waals surface area contributed by atoms with E-state index in [2.05, 4.69) is 5.32 Å². The second-order valence-electron chi connectivity index (χ2n) is 4.93. The van der Waals surface area contributed by atoms with E-state index >= 15 is 0 Å². The maximum atomic E-state index is 13.6. The minimum absolute atomic E-state index is 0.0416. The van der Waals surface area contributed by atoms with Gasteiger partial charge in [-0.3, -0.25) is 9.10 Å². The molecule has 0 aliphatic rings. The van der Waals surface area contributed by atoms with Crippen molar-refractivity contribution in [2.24, 2.45) is 0 Å². The zero-order valence-corrected chi connectivity index (χ0v) is 14.8. The molecular formula is C15H13Cl2FN2O3S. The number of carbonyl (C=O) groups excluding carboxylic acids is 1. The largest absolute Gasteiger partial charge is 0.322 e. The topological polar surface area (TPSA) is 66.5 Å². The molecule has 1 N–H and O–H groups in total. The van der Waals surface area contributed by atoms with Crippen LogP contribution in [-0.4, -0.2) is 27.1 Å². The van der Waals surface area contributed by atoms with E-state index in [4.69, 9.17) is 23.2 Å². The van der Waals surface area contributed by atoms with E-state index in [9.17, 15) is 17.6 Å². The van der Waals surface area contributed by atoms with Gasteiger partial charge in [-0.15, -0.1) is 0 Å². The molecule has 0 fully saturated rings. The third-order valence-corrected chi connectivity index (χ3v) is 4.55. The lowest BCUT2D eigenvalue weighted by molar-refractivity contribution is -0.114. The highest BCUT2D eigenvalue weighted by Crippen LogP contribution is 2.27. The van der Waals surface area contributed by atoms with Crippen LogP contribution in [-0.2, 0) is 14.8 Å². The molecule has 0 spiro atoms. The number of nitrogens with one attached hydrogen (secondary N) is 1. The molecule has 24 heavy (non-hydrogen) atoms. The first-order valence-corrected chi connectivity index (χ1v) is 9.25. The predicted molar refractivity (Wildman–Crippen MR) is 93.7 cm³/mol. The van der Waals surface area contributed by atoms with Crippen molar-refractivity contribution in [1.82, 2.24) is 0 Å². The Bertz CT molecular complexity index is 855. The molecule has 2 aromatic carbocycles. The maximum absolute atomic E-state index is 13.6. The SMILES string of the molecule is CS(=O)(=O)N(CC(=O)Nc1ccccc1F)c1cc(Cl)cc(Cl)c1. The highest BCUT2D eigenvalue weighted by molar-refractivity contribution is 7.92. The Kier molecular flexibility index (Phi) is 5.69. The molecule has 0 aliphatic heterocycles. The van der Waals surface area contributed by atoms with Crippen molar-refractivity contribution in [2.45, 2.75) is 0 Å². The van der Waals surface area contributed by atoms with Gasteiger partial charge >= 0.3 is 0 Å². The van der Waals surface area contributed by atoms with E-state index in [-0.39, 0.29) is 21.4 Å². The minimum atomic E-state index is -3.79. The molecule has 128 valence electrons. The fourth-order valence-corrected chi connectivity index (χ4v) is 3.32. The molecule has 0 heterocycles. The van der Waals surface area contributed by atoms with Crippen molar-refractivity contribution in [2.75, 3.05) is 22.4 Å². The summed E-state index contributed by atoms with van der Waals surface area (Å²) in [7, 11) is -3.79. The summed E-state index contributed by atoms with van der Waals surface area (Å²) >= 11 is 11.8. The van der Waals surface area contributed by atoms with Gasteiger partial charge in [-0.05, 0) is 30.3 Å². The molecule has 0 saturated carbocycles. The van der Waals surface area contributed by atoms with Gasteiger partial charge in [0.1, 0.15) is 12.4 Å². The van der Waals surface area contributed by atoms with Gasteiger partial charge in [0.05, 0.1) is 17.6 Å². The Morgan fingerprint density at radius 2 is 1.75 bits per heavy atom. The molecule has 0 aromatic heterocycles. The molecule has 0 saturated heterocycles. The predicted octanol–water partition coefficient (Wildman–Crippen LogP) is 3.54. The van der Waals surface area contributed by atoms with Crippen LogP contribution in [0, 0.1) is 5.82 Å². The smallest absolute Gasteiger partial charge is 0.245 e. The van der Waals surface area contributed by atoms with Gasteiger partial charge in [0.15, 0.2) is 0 Å². The molecule has 0 atom stereocenters. The number of rotatable bonds is 5. The number of anilines is 2. The molecule has 5 nitrogen and oxygen atoms in total. The van der Waals surface area contributed by atoms with Crippen LogP contribution in [0.15, 0.2) is 42.5 Å². The van der Waals surface area contributed by atoms with Crippen LogP contribution < -0.4 is 9.62 Å². The third-order valence-electron chi connectivity index (χ3n) is 2.97. The number of carbonyl (C=O) groups is 1. The molecule has 0 aliphatic carbocycles. The first-order valence-electron chi connectivity index (χ1n) is 6.65. The summed E-state index contributed by atoms with van der Waals surface area (Å²) in [6.07, 6.45) is 0.943. The van der Waals surface area contributed by atoms with E-state index in [0.717, 1.165) is 10.6 Å². The fourth-order valence-electron chi connectivity index (χ4n) is 1.97. The van der Waals surface area contributed by atoms with Gasteiger partial charge in [-0.2, -0.15) is 0 Å². The summed E-state index contributed by atoms with van der Waals surface area (Å²) in [6, 6.07) is 9.74. The van der Waals surface area contributed by atoms with Gasteiger partial charge in [0.25, 0.3) is 0 Å². The quantitative estimate of drug-likeness (QED) is 0.848.